The van der Waals surface area contributed by atoms with E-state index in [1.807, 2.05) is 25.1 Å². The molecule has 1 aromatic heterocycles. The number of para-hydroxylation sites is 1. The van der Waals surface area contributed by atoms with Crippen LogP contribution in [0.1, 0.15) is 30.3 Å². The molecule has 3 heterocycles. The Balaban J connectivity index is 1.49. The molecule has 2 aromatic rings. The maximum atomic E-state index is 12.9. The molecule has 4 atom stereocenters. The number of carbonyl (C=O) groups excluding carboxylic acids is 3. The summed E-state index contributed by atoms with van der Waals surface area (Å²) in [7, 11) is 0. The van der Waals surface area contributed by atoms with Crippen molar-refractivity contribution < 1.29 is 33.0 Å². The van der Waals surface area contributed by atoms with Crippen molar-refractivity contribution in [1.82, 2.24) is 0 Å². The van der Waals surface area contributed by atoms with Gasteiger partial charge in [0.1, 0.15) is 23.9 Å². The fourth-order valence-corrected chi connectivity index (χ4v) is 4.37. The Morgan fingerprint density at radius 1 is 1.10 bits per heavy atom. The van der Waals surface area contributed by atoms with Gasteiger partial charge >= 0.3 is 17.9 Å². The van der Waals surface area contributed by atoms with Crippen LogP contribution in [0, 0.1) is 5.92 Å². The summed E-state index contributed by atoms with van der Waals surface area (Å²) in [6.45, 7) is 5.72. The molecule has 1 aromatic carbocycles. The van der Waals surface area contributed by atoms with E-state index in [1.54, 1.807) is 24.3 Å². The van der Waals surface area contributed by atoms with Gasteiger partial charge in [-0.05, 0) is 31.2 Å². The Morgan fingerprint density at radius 2 is 1.90 bits per heavy atom. The largest absolute Gasteiger partial charge is 0.458 e. The first-order chi connectivity index (χ1) is 14.9. The number of carbonyl (C=O) groups is 3. The van der Waals surface area contributed by atoms with Crippen molar-refractivity contribution in [2.45, 2.75) is 38.1 Å². The third kappa shape index (κ3) is 3.46. The predicted octanol–water partition coefficient (Wildman–Crippen LogP) is 3.65. The molecule has 3 aliphatic rings. The Bertz CT molecular complexity index is 1150. The van der Waals surface area contributed by atoms with E-state index in [4.69, 9.17) is 18.6 Å². The molecule has 0 amide bonds. The Hall–Kier alpha value is -3.61. The first kappa shape index (κ1) is 19.4. The molecule has 0 unspecified atom stereocenters. The Morgan fingerprint density at radius 3 is 2.71 bits per heavy atom. The third-order valence-electron chi connectivity index (χ3n) is 5.85. The lowest BCUT2D eigenvalue weighted by atomic mass is 9.85. The van der Waals surface area contributed by atoms with E-state index >= 15 is 0 Å². The highest BCUT2D eigenvalue weighted by atomic mass is 16.6. The van der Waals surface area contributed by atoms with Crippen LogP contribution in [-0.4, -0.2) is 36.2 Å². The smallest absolute Gasteiger partial charge is 0.374 e. The average molecular weight is 420 g/mol. The lowest BCUT2D eigenvalue weighted by molar-refractivity contribution is -0.142. The highest BCUT2D eigenvalue weighted by Gasteiger charge is 2.46. The summed E-state index contributed by atoms with van der Waals surface area (Å²) in [5.74, 6) is -2.18. The van der Waals surface area contributed by atoms with Gasteiger partial charge in [0, 0.05) is 29.4 Å². The highest BCUT2D eigenvalue weighted by molar-refractivity contribution is 5.94. The molecular weight excluding hydrogens is 400 g/mol. The summed E-state index contributed by atoms with van der Waals surface area (Å²) in [5, 5.41) is 0.785. The number of ether oxygens (including phenoxy) is 3. The van der Waals surface area contributed by atoms with Crippen LogP contribution in [0.15, 0.2) is 70.2 Å². The van der Waals surface area contributed by atoms with Crippen molar-refractivity contribution in [3.05, 3.63) is 71.5 Å². The van der Waals surface area contributed by atoms with Crippen LogP contribution < -0.4 is 0 Å². The van der Waals surface area contributed by atoms with Gasteiger partial charge in [0.05, 0.1) is 5.92 Å². The second kappa shape index (κ2) is 7.27. The second-order valence-corrected chi connectivity index (χ2v) is 8.07. The van der Waals surface area contributed by atoms with Crippen LogP contribution in [0.5, 0.6) is 0 Å². The molecule has 0 saturated carbocycles. The van der Waals surface area contributed by atoms with Crippen LogP contribution in [-0.2, 0) is 23.8 Å². The number of fused-ring (bicyclic) bond motifs is 3. The number of rotatable bonds is 2. The highest BCUT2D eigenvalue weighted by Crippen LogP contribution is 2.38. The normalized spacial score (nSPS) is 29.5. The summed E-state index contributed by atoms with van der Waals surface area (Å²) < 4.78 is 22.3. The second-order valence-electron chi connectivity index (χ2n) is 8.07. The molecule has 158 valence electrons. The maximum Gasteiger partial charge on any atom is 0.374 e. The van der Waals surface area contributed by atoms with Gasteiger partial charge in [0.15, 0.2) is 0 Å². The molecule has 1 saturated heterocycles. The van der Waals surface area contributed by atoms with Crippen LogP contribution in [0.4, 0.5) is 0 Å². The molecule has 1 fully saturated rings. The molecule has 2 bridgehead atoms. The van der Waals surface area contributed by atoms with Crippen LogP contribution in [0.3, 0.4) is 0 Å². The minimum absolute atomic E-state index is 0.0676. The number of furan rings is 1. The predicted molar refractivity (Wildman–Crippen MR) is 109 cm³/mol. The van der Waals surface area contributed by atoms with Gasteiger partial charge in [-0.25, -0.2) is 14.4 Å². The minimum Gasteiger partial charge on any atom is -0.458 e. The van der Waals surface area contributed by atoms with Crippen molar-refractivity contribution in [3.8, 4) is 0 Å². The van der Waals surface area contributed by atoms with Gasteiger partial charge in [-0.15, -0.1) is 0 Å². The van der Waals surface area contributed by atoms with Gasteiger partial charge in [0.25, 0.3) is 0 Å². The van der Waals surface area contributed by atoms with E-state index in [1.165, 1.54) is 0 Å². The number of esters is 3. The van der Waals surface area contributed by atoms with E-state index in [0.29, 0.717) is 17.6 Å². The molecule has 2 aliphatic heterocycles. The molecule has 5 rings (SSSR count). The van der Waals surface area contributed by atoms with E-state index in [0.717, 1.165) is 11.0 Å². The van der Waals surface area contributed by atoms with Gasteiger partial charge in [-0.3, -0.25) is 0 Å². The molecule has 0 spiro atoms. The van der Waals surface area contributed by atoms with E-state index < -0.39 is 36.0 Å². The SMILES string of the molecule is C=C1C(=O)O[C@H]2CC3=C[C@@H](C/C(C)=C/[C@@H](OC(=O)c4cc5ccccc5o4)[C@H]12)OC3=O. The number of benzene rings is 1. The van der Waals surface area contributed by atoms with E-state index in [9.17, 15) is 14.4 Å². The lowest BCUT2D eigenvalue weighted by Crippen LogP contribution is -2.33. The summed E-state index contributed by atoms with van der Waals surface area (Å²) in [6, 6.07) is 8.89. The van der Waals surface area contributed by atoms with Crippen molar-refractivity contribution >= 4 is 28.9 Å². The first-order valence-electron chi connectivity index (χ1n) is 10.1. The van der Waals surface area contributed by atoms with Crippen molar-refractivity contribution in [2.75, 3.05) is 0 Å². The fraction of sp³-hybridized carbons (Fsp3) is 0.292. The zero-order valence-corrected chi connectivity index (χ0v) is 16.8. The molecule has 0 radical (unpaired) electrons. The summed E-state index contributed by atoms with van der Waals surface area (Å²) in [6.07, 6.45) is 2.31. The van der Waals surface area contributed by atoms with Crippen molar-refractivity contribution in [1.29, 1.82) is 0 Å². The summed E-state index contributed by atoms with van der Waals surface area (Å²) in [4.78, 5) is 37.4. The topological polar surface area (TPSA) is 92.0 Å². The monoisotopic (exact) mass is 420 g/mol. The number of hydrogen-bond acceptors (Lipinski definition) is 7. The van der Waals surface area contributed by atoms with Gasteiger partial charge in [0.2, 0.25) is 5.76 Å². The Labute approximate surface area is 177 Å². The molecule has 7 heteroatoms. The van der Waals surface area contributed by atoms with Gasteiger partial charge in [-0.2, -0.15) is 0 Å². The molecule has 7 nitrogen and oxygen atoms in total. The number of hydrogen-bond donors (Lipinski definition) is 0. The summed E-state index contributed by atoms with van der Waals surface area (Å²) >= 11 is 0. The quantitative estimate of drug-likeness (QED) is 0.317. The van der Waals surface area contributed by atoms with Crippen molar-refractivity contribution in [3.63, 3.8) is 0 Å². The van der Waals surface area contributed by atoms with Crippen LogP contribution in [0.25, 0.3) is 11.0 Å². The maximum absolute atomic E-state index is 12.9. The zero-order valence-electron chi connectivity index (χ0n) is 16.8. The lowest BCUT2D eigenvalue weighted by Gasteiger charge is -2.25. The fourth-order valence-electron chi connectivity index (χ4n) is 4.37. The zero-order chi connectivity index (χ0) is 21.7. The minimum atomic E-state index is -0.808. The van der Waals surface area contributed by atoms with Crippen LogP contribution >= 0.6 is 0 Å². The molecule has 31 heavy (non-hydrogen) atoms. The molecule has 0 N–H and O–H groups in total. The standard InChI is InChI=1S/C24H20O7/c1-12-7-16-9-15(23(26)28-16)11-19-21(13(2)22(25)30-19)18(8-12)31-24(27)20-10-14-5-3-4-6-17(14)29-20/h3-6,8-10,16,18-19,21H,2,7,11H2,1H3/b12-8+/t16-,18-,19+,21+/m1/s1. The summed E-state index contributed by atoms with van der Waals surface area (Å²) in [5.41, 5.74) is 2.10. The van der Waals surface area contributed by atoms with Crippen LogP contribution in [0.2, 0.25) is 0 Å². The van der Waals surface area contributed by atoms with E-state index in [-0.39, 0.29) is 23.9 Å². The van der Waals surface area contributed by atoms with E-state index in [2.05, 4.69) is 6.58 Å². The van der Waals surface area contributed by atoms with Gasteiger partial charge in [-0.1, -0.05) is 30.4 Å². The third-order valence-corrected chi connectivity index (χ3v) is 5.85. The average Bonchev–Trinajstić information content (AvgIpc) is 3.37. The van der Waals surface area contributed by atoms with Gasteiger partial charge < -0.3 is 18.6 Å². The first-order valence-corrected chi connectivity index (χ1v) is 10.1. The Kier molecular flexibility index (Phi) is 4.54. The molecular formula is C24H20O7. The van der Waals surface area contributed by atoms with Crippen molar-refractivity contribution in [2.24, 2.45) is 5.92 Å². The molecule has 1 aliphatic carbocycles.